The van der Waals surface area contributed by atoms with Crippen molar-refractivity contribution in [3.63, 3.8) is 0 Å². The fourth-order valence-corrected chi connectivity index (χ4v) is 1.46. The summed E-state index contributed by atoms with van der Waals surface area (Å²) in [6, 6.07) is 16.5. The molecule has 2 aromatic rings. The number of hydrogen-bond acceptors (Lipinski definition) is 6. The Balaban J connectivity index is 0.000000253. The minimum absolute atomic E-state index is 0.190. The van der Waals surface area contributed by atoms with Gasteiger partial charge in [-0.1, -0.05) is 48.5 Å². The zero-order valence-corrected chi connectivity index (χ0v) is 12.3. The maximum Gasteiger partial charge on any atom is 0.338 e. The lowest BCUT2D eigenvalue weighted by atomic mass is 10.2. The maximum atomic E-state index is 11.3. The molecule has 0 aliphatic heterocycles. The molecular weight excluding hydrogens is 300 g/mol. The number of hydrogen-bond donors (Lipinski definition) is 2. The van der Waals surface area contributed by atoms with Crippen molar-refractivity contribution in [1.82, 2.24) is 0 Å². The molecule has 1 unspecified atom stereocenters. The van der Waals surface area contributed by atoms with E-state index in [4.69, 9.17) is 14.9 Å². The van der Waals surface area contributed by atoms with Crippen LogP contribution in [-0.2, 0) is 4.74 Å². The van der Waals surface area contributed by atoms with Gasteiger partial charge in [0.05, 0.1) is 18.1 Å². The minimum Gasteiger partial charge on any atom is -0.545 e. The molecule has 0 heterocycles. The van der Waals surface area contributed by atoms with Crippen molar-refractivity contribution in [3.05, 3.63) is 71.8 Å². The highest BCUT2D eigenvalue weighted by atomic mass is 16.5. The monoisotopic (exact) mass is 317 g/mol. The van der Waals surface area contributed by atoms with Crippen LogP contribution in [0.15, 0.2) is 60.7 Å². The normalized spacial score (nSPS) is 10.9. The Bertz CT molecular complexity index is 597. The average Bonchev–Trinajstić information content (AvgIpc) is 2.61. The second-order valence-electron chi connectivity index (χ2n) is 4.45. The van der Waals surface area contributed by atoms with Gasteiger partial charge in [0.15, 0.2) is 0 Å². The van der Waals surface area contributed by atoms with Crippen LogP contribution < -0.4 is 5.11 Å². The van der Waals surface area contributed by atoms with Crippen LogP contribution in [-0.4, -0.2) is 41.5 Å². The molecule has 122 valence electrons. The van der Waals surface area contributed by atoms with E-state index in [0.29, 0.717) is 5.56 Å². The highest BCUT2D eigenvalue weighted by Crippen LogP contribution is 2.01. The van der Waals surface area contributed by atoms with Crippen molar-refractivity contribution in [3.8, 4) is 0 Å². The van der Waals surface area contributed by atoms with E-state index in [0.717, 1.165) is 0 Å². The van der Waals surface area contributed by atoms with E-state index in [1.165, 1.54) is 12.1 Å². The molecule has 0 fully saturated rings. The molecular formula is C17H17O6-. The Morgan fingerprint density at radius 2 is 1.43 bits per heavy atom. The molecule has 0 bridgehead atoms. The number of aliphatic hydroxyl groups excluding tert-OH is 2. The topological polar surface area (TPSA) is 107 Å². The Kier molecular flexibility index (Phi) is 8.06. The zero-order valence-electron chi connectivity index (χ0n) is 12.3. The van der Waals surface area contributed by atoms with Gasteiger partial charge in [-0.15, -0.1) is 0 Å². The molecule has 0 aliphatic rings. The summed E-state index contributed by atoms with van der Waals surface area (Å²) >= 11 is 0. The number of carbonyl (C=O) groups excluding carboxylic acids is 2. The Labute approximate surface area is 133 Å². The van der Waals surface area contributed by atoms with E-state index in [1.807, 2.05) is 0 Å². The predicted molar refractivity (Wildman–Crippen MR) is 80.6 cm³/mol. The summed E-state index contributed by atoms with van der Waals surface area (Å²) in [5.41, 5.74) is 0.648. The highest BCUT2D eigenvalue weighted by molar-refractivity contribution is 5.89. The van der Waals surface area contributed by atoms with Gasteiger partial charge in [0.25, 0.3) is 0 Å². The van der Waals surface area contributed by atoms with Crippen LogP contribution in [0.2, 0.25) is 0 Å². The minimum atomic E-state index is -1.13. The molecule has 2 aromatic carbocycles. The van der Waals surface area contributed by atoms with Crippen LogP contribution in [0.4, 0.5) is 0 Å². The fraction of sp³-hybridized carbons (Fsp3) is 0.176. The van der Waals surface area contributed by atoms with Crippen molar-refractivity contribution in [2.24, 2.45) is 0 Å². The van der Waals surface area contributed by atoms with Gasteiger partial charge >= 0.3 is 5.97 Å². The van der Waals surface area contributed by atoms with E-state index in [9.17, 15) is 14.7 Å². The van der Waals surface area contributed by atoms with Crippen LogP contribution in [0.25, 0.3) is 0 Å². The molecule has 1 atom stereocenters. The zero-order chi connectivity index (χ0) is 17.1. The van der Waals surface area contributed by atoms with Gasteiger partial charge in [-0.2, -0.15) is 0 Å². The lowest BCUT2D eigenvalue weighted by Gasteiger charge is -2.07. The SMILES string of the molecule is O=C(OCC(O)CO)c1ccccc1.O=C([O-])c1ccccc1. The van der Waals surface area contributed by atoms with Crippen LogP contribution in [0.1, 0.15) is 20.7 Å². The summed E-state index contributed by atoms with van der Waals surface area (Å²) in [4.78, 5) is 21.3. The first-order chi connectivity index (χ1) is 11.0. The number of esters is 1. The number of carboxylic acids is 1. The highest BCUT2D eigenvalue weighted by Gasteiger charge is 2.09. The van der Waals surface area contributed by atoms with Crippen molar-refractivity contribution < 1.29 is 29.6 Å². The first kappa shape index (κ1) is 18.3. The number of carboxylic acid groups (broad SMARTS) is 1. The number of carbonyl (C=O) groups is 2. The van der Waals surface area contributed by atoms with Crippen LogP contribution in [0.5, 0.6) is 0 Å². The molecule has 0 aromatic heterocycles. The number of ether oxygens (including phenoxy) is 1. The Hall–Kier alpha value is -2.70. The van der Waals surface area contributed by atoms with Crippen molar-refractivity contribution >= 4 is 11.9 Å². The second-order valence-corrected chi connectivity index (χ2v) is 4.45. The third-order valence-corrected chi connectivity index (χ3v) is 2.64. The quantitative estimate of drug-likeness (QED) is 0.765. The van der Waals surface area contributed by atoms with Crippen molar-refractivity contribution in [2.75, 3.05) is 13.2 Å². The third kappa shape index (κ3) is 7.21. The maximum absolute atomic E-state index is 11.3. The number of aromatic carboxylic acids is 1. The summed E-state index contributed by atoms with van der Waals surface area (Å²) in [7, 11) is 0. The first-order valence-electron chi connectivity index (χ1n) is 6.82. The van der Waals surface area contributed by atoms with E-state index in [2.05, 4.69) is 0 Å². The molecule has 0 saturated carbocycles. The number of rotatable bonds is 5. The summed E-state index contributed by atoms with van der Waals surface area (Å²) in [6.07, 6.45) is -1.01. The summed E-state index contributed by atoms with van der Waals surface area (Å²) in [6.45, 7) is -0.605. The summed E-state index contributed by atoms with van der Waals surface area (Å²) < 4.78 is 4.73. The molecule has 0 aliphatic carbocycles. The molecule has 23 heavy (non-hydrogen) atoms. The standard InChI is InChI=1S/C10H12O4.C7H6O2/c11-6-9(12)7-14-10(13)8-4-2-1-3-5-8;8-7(9)6-4-2-1-3-5-6/h1-5,9,11-12H,6-7H2;1-5H,(H,8,9)/p-1. The predicted octanol–water partition coefficient (Wildman–Crippen LogP) is 0.247. The van der Waals surface area contributed by atoms with Crippen molar-refractivity contribution in [2.45, 2.75) is 6.10 Å². The van der Waals surface area contributed by atoms with Crippen LogP contribution in [0.3, 0.4) is 0 Å². The van der Waals surface area contributed by atoms with Gasteiger partial charge in [0.1, 0.15) is 12.7 Å². The van der Waals surface area contributed by atoms with E-state index < -0.39 is 24.6 Å². The van der Waals surface area contributed by atoms with E-state index >= 15 is 0 Å². The number of aliphatic hydroxyl groups is 2. The van der Waals surface area contributed by atoms with Gasteiger partial charge in [0, 0.05) is 0 Å². The second kappa shape index (κ2) is 10.1. The van der Waals surface area contributed by atoms with E-state index in [-0.39, 0.29) is 12.2 Å². The molecule has 6 nitrogen and oxygen atoms in total. The smallest absolute Gasteiger partial charge is 0.338 e. The van der Waals surface area contributed by atoms with Gasteiger partial charge in [-0.3, -0.25) is 0 Å². The van der Waals surface area contributed by atoms with Gasteiger partial charge in [0.2, 0.25) is 0 Å². The summed E-state index contributed by atoms with van der Waals surface area (Å²) in [5, 5.41) is 27.5. The Morgan fingerprint density at radius 1 is 0.957 bits per heavy atom. The molecule has 2 N–H and O–H groups in total. The van der Waals surface area contributed by atoms with Gasteiger partial charge in [-0.05, 0) is 17.7 Å². The average molecular weight is 317 g/mol. The van der Waals surface area contributed by atoms with Gasteiger partial charge in [-0.25, -0.2) is 4.79 Å². The molecule has 0 amide bonds. The fourth-order valence-electron chi connectivity index (χ4n) is 1.46. The van der Waals surface area contributed by atoms with Gasteiger partial charge < -0.3 is 24.9 Å². The van der Waals surface area contributed by atoms with Crippen molar-refractivity contribution in [1.29, 1.82) is 0 Å². The lowest BCUT2D eigenvalue weighted by Crippen LogP contribution is -2.21. The lowest BCUT2D eigenvalue weighted by molar-refractivity contribution is -0.255. The molecule has 2 rings (SSSR count). The largest absolute Gasteiger partial charge is 0.545 e. The van der Waals surface area contributed by atoms with E-state index in [1.54, 1.807) is 48.5 Å². The molecule has 0 radical (unpaired) electrons. The molecule has 6 heteroatoms. The number of benzene rings is 2. The van der Waals surface area contributed by atoms with Crippen LogP contribution in [0, 0.1) is 0 Å². The van der Waals surface area contributed by atoms with Crippen LogP contribution >= 0.6 is 0 Å². The molecule has 0 spiro atoms. The summed E-state index contributed by atoms with van der Waals surface area (Å²) in [5.74, 6) is -1.63. The Morgan fingerprint density at radius 3 is 1.83 bits per heavy atom. The molecule has 0 saturated heterocycles. The first-order valence-corrected chi connectivity index (χ1v) is 6.82. The third-order valence-electron chi connectivity index (χ3n) is 2.64.